The zero-order chi connectivity index (χ0) is 19.5. The molecule has 146 valence electrons. The van der Waals surface area contributed by atoms with Crippen molar-refractivity contribution in [2.24, 2.45) is 0 Å². The van der Waals surface area contributed by atoms with Crippen LogP contribution in [0.15, 0.2) is 48.8 Å². The summed E-state index contributed by atoms with van der Waals surface area (Å²) in [7, 11) is 0. The number of aryl methyl sites for hydroxylation is 1. The van der Waals surface area contributed by atoms with E-state index in [2.05, 4.69) is 15.8 Å². The maximum absolute atomic E-state index is 12.9. The maximum atomic E-state index is 12.9. The highest BCUT2D eigenvalue weighted by Gasteiger charge is 2.34. The van der Waals surface area contributed by atoms with Crippen molar-refractivity contribution in [3.8, 4) is 0 Å². The number of hydrogen-bond acceptors (Lipinski definition) is 5. The zero-order valence-electron chi connectivity index (χ0n) is 16.0. The molecule has 3 heterocycles. The van der Waals surface area contributed by atoms with Gasteiger partial charge in [-0.2, -0.15) is 0 Å². The van der Waals surface area contributed by atoms with Gasteiger partial charge in [0.25, 0.3) is 5.91 Å². The molecule has 2 aromatic rings. The molecule has 1 aromatic heterocycles. The summed E-state index contributed by atoms with van der Waals surface area (Å²) >= 11 is 0. The molecule has 2 fully saturated rings. The lowest BCUT2D eigenvalue weighted by Gasteiger charge is -2.36. The minimum atomic E-state index is -0.260. The number of rotatable bonds is 3. The molecule has 28 heavy (non-hydrogen) atoms. The maximum Gasteiger partial charge on any atom is 0.254 e. The van der Waals surface area contributed by atoms with Crippen LogP contribution in [0.1, 0.15) is 33.9 Å². The quantitative estimate of drug-likeness (QED) is 0.840. The summed E-state index contributed by atoms with van der Waals surface area (Å²) in [6.45, 7) is 4.19. The summed E-state index contributed by atoms with van der Waals surface area (Å²) in [5, 5.41) is 0. The summed E-state index contributed by atoms with van der Waals surface area (Å²) in [6, 6.07) is 11.4. The molecule has 1 aromatic carbocycles. The number of pyridine rings is 1. The van der Waals surface area contributed by atoms with Crippen molar-refractivity contribution in [2.45, 2.75) is 25.4 Å². The van der Waals surface area contributed by atoms with Crippen LogP contribution in [0.5, 0.6) is 0 Å². The van der Waals surface area contributed by atoms with E-state index in [-0.39, 0.29) is 23.9 Å². The second-order valence-corrected chi connectivity index (χ2v) is 7.35. The molecular formula is C21H25N5O2. The Hall–Kier alpha value is -2.77. The Bertz CT molecular complexity index is 849. The number of amides is 2. The highest BCUT2D eigenvalue weighted by molar-refractivity contribution is 5.95. The van der Waals surface area contributed by atoms with Gasteiger partial charge >= 0.3 is 0 Å². The Morgan fingerprint density at radius 1 is 1.00 bits per heavy atom. The lowest BCUT2D eigenvalue weighted by Crippen LogP contribution is -2.54. The standard InChI is InChI=1S/C21H25N5O2/c1-15-5-2-3-7-17(15)20(27)25-9-11-26(12-10-25)21(28)19-13-18(23-24-19)16-6-4-8-22-14-16/h2-8,14,18-19,23-24H,9-13H2,1H3. The zero-order valence-corrected chi connectivity index (χ0v) is 16.0. The van der Waals surface area contributed by atoms with Gasteiger partial charge in [0, 0.05) is 50.2 Å². The second-order valence-electron chi connectivity index (χ2n) is 7.35. The van der Waals surface area contributed by atoms with E-state index in [4.69, 9.17) is 0 Å². The molecule has 2 atom stereocenters. The van der Waals surface area contributed by atoms with Crippen LogP contribution in [-0.2, 0) is 4.79 Å². The number of hydrogen-bond donors (Lipinski definition) is 2. The molecule has 0 radical (unpaired) electrons. The molecule has 0 aliphatic carbocycles. The Kier molecular flexibility index (Phi) is 5.36. The number of nitrogens with zero attached hydrogens (tertiary/aromatic N) is 3. The van der Waals surface area contributed by atoms with E-state index in [0.29, 0.717) is 32.6 Å². The third kappa shape index (κ3) is 3.76. The average molecular weight is 379 g/mol. The molecule has 7 nitrogen and oxygen atoms in total. The Morgan fingerprint density at radius 2 is 1.75 bits per heavy atom. The van der Waals surface area contributed by atoms with Crippen LogP contribution < -0.4 is 10.9 Å². The first-order valence-corrected chi connectivity index (χ1v) is 9.68. The lowest BCUT2D eigenvalue weighted by molar-refractivity contribution is -0.134. The summed E-state index contributed by atoms with van der Waals surface area (Å²) in [4.78, 5) is 33.5. The van der Waals surface area contributed by atoms with Gasteiger partial charge in [0.15, 0.2) is 0 Å². The first-order valence-electron chi connectivity index (χ1n) is 9.68. The number of carbonyl (C=O) groups is 2. The minimum Gasteiger partial charge on any atom is -0.338 e. The highest BCUT2D eigenvalue weighted by Crippen LogP contribution is 2.23. The van der Waals surface area contributed by atoms with Gasteiger partial charge in [-0.05, 0) is 36.6 Å². The molecular weight excluding hydrogens is 354 g/mol. The van der Waals surface area contributed by atoms with Crippen molar-refractivity contribution in [2.75, 3.05) is 26.2 Å². The Morgan fingerprint density at radius 3 is 2.46 bits per heavy atom. The van der Waals surface area contributed by atoms with Crippen LogP contribution in [0.3, 0.4) is 0 Å². The van der Waals surface area contributed by atoms with Crippen LogP contribution in [-0.4, -0.2) is 58.8 Å². The average Bonchev–Trinajstić information content (AvgIpc) is 3.24. The first kappa shape index (κ1) is 18.6. The monoisotopic (exact) mass is 379 g/mol. The van der Waals surface area contributed by atoms with E-state index in [1.54, 1.807) is 6.20 Å². The van der Waals surface area contributed by atoms with Gasteiger partial charge < -0.3 is 9.80 Å². The largest absolute Gasteiger partial charge is 0.338 e. The molecule has 2 N–H and O–H groups in total. The second kappa shape index (κ2) is 8.08. The fourth-order valence-corrected chi connectivity index (χ4v) is 3.85. The number of piperazine rings is 1. The number of hydrazine groups is 1. The molecule has 0 bridgehead atoms. The summed E-state index contributed by atoms with van der Waals surface area (Å²) in [6.07, 6.45) is 4.25. The van der Waals surface area contributed by atoms with Crippen molar-refractivity contribution in [3.63, 3.8) is 0 Å². The van der Waals surface area contributed by atoms with Crippen LogP contribution in [0.2, 0.25) is 0 Å². The number of benzene rings is 1. The third-order valence-corrected chi connectivity index (χ3v) is 5.54. The first-order chi connectivity index (χ1) is 13.6. The molecule has 0 spiro atoms. The van der Waals surface area contributed by atoms with Gasteiger partial charge in [0.2, 0.25) is 5.91 Å². The topological polar surface area (TPSA) is 77.6 Å². The molecule has 2 amide bonds. The van der Waals surface area contributed by atoms with Gasteiger partial charge in [-0.25, -0.2) is 10.9 Å². The fourth-order valence-electron chi connectivity index (χ4n) is 3.85. The molecule has 0 saturated carbocycles. The van der Waals surface area contributed by atoms with Crippen LogP contribution in [0.25, 0.3) is 0 Å². The molecule has 2 saturated heterocycles. The van der Waals surface area contributed by atoms with Crippen LogP contribution in [0.4, 0.5) is 0 Å². The van der Waals surface area contributed by atoms with Crippen molar-refractivity contribution in [1.82, 2.24) is 25.6 Å². The predicted octanol–water partition coefficient (Wildman–Crippen LogP) is 1.28. The summed E-state index contributed by atoms with van der Waals surface area (Å²) < 4.78 is 0. The number of carbonyl (C=O) groups excluding carboxylic acids is 2. The predicted molar refractivity (Wildman–Crippen MR) is 105 cm³/mol. The Balaban J connectivity index is 1.32. The summed E-state index contributed by atoms with van der Waals surface area (Å²) in [5.41, 5.74) is 9.10. The van der Waals surface area contributed by atoms with Gasteiger partial charge in [0.05, 0.1) is 0 Å². The van der Waals surface area contributed by atoms with Crippen molar-refractivity contribution >= 4 is 11.8 Å². The van der Waals surface area contributed by atoms with Crippen LogP contribution in [0, 0.1) is 6.92 Å². The molecule has 2 aliphatic rings. The van der Waals surface area contributed by atoms with E-state index in [1.165, 1.54) is 0 Å². The van der Waals surface area contributed by atoms with E-state index >= 15 is 0 Å². The number of aromatic nitrogens is 1. The SMILES string of the molecule is Cc1ccccc1C(=O)N1CCN(C(=O)C2CC(c3cccnc3)NN2)CC1. The van der Waals surface area contributed by atoms with Crippen LogP contribution >= 0.6 is 0 Å². The van der Waals surface area contributed by atoms with E-state index in [1.807, 2.05) is 59.3 Å². The van der Waals surface area contributed by atoms with Crippen molar-refractivity contribution in [3.05, 3.63) is 65.5 Å². The minimum absolute atomic E-state index is 0.0440. The highest BCUT2D eigenvalue weighted by atomic mass is 16.2. The van der Waals surface area contributed by atoms with Gasteiger partial charge in [-0.15, -0.1) is 0 Å². The fraction of sp³-hybridized carbons (Fsp3) is 0.381. The molecule has 4 rings (SSSR count). The van der Waals surface area contributed by atoms with Gasteiger partial charge in [0.1, 0.15) is 6.04 Å². The number of nitrogens with one attached hydrogen (secondary N) is 2. The van der Waals surface area contributed by atoms with Crippen molar-refractivity contribution < 1.29 is 9.59 Å². The van der Waals surface area contributed by atoms with Crippen molar-refractivity contribution in [1.29, 1.82) is 0 Å². The summed E-state index contributed by atoms with van der Waals surface area (Å²) in [5.74, 6) is 0.129. The van der Waals surface area contributed by atoms with E-state index < -0.39 is 0 Å². The van der Waals surface area contributed by atoms with Gasteiger partial charge in [-0.3, -0.25) is 14.6 Å². The van der Waals surface area contributed by atoms with Gasteiger partial charge in [-0.1, -0.05) is 24.3 Å². The lowest BCUT2D eigenvalue weighted by atomic mass is 10.0. The molecule has 2 unspecified atom stereocenters. The Labute approximate surface area is 164 Å². The molecule has 7 heteroatoms. The molecule has 2 aliphatic heterocycles. The normalized spacial score (nSPS) is 22.3. The van der Waals surface area contributed by atoms with E-state index in [0.717, 1.165) is 16.7 Å². The third-order valence-electron chi connectivity index (χ3n) is 5.54. The smallest absolute Gasteiger partial charge is 0.254 e. The van der Waals surface area contributed by atoms with E-state index in [9.17, 15) is 9.59 Å².